The summed E-state index contributed by atoms with van der Waals surface area (Å²) in [6.07, 6.45) is 4.07. The number of amides is 2. The number of nitrogens with zero attached hydrogens (tertiary/aromatic N) is 2. The molecule has 1 saturated carbocycles. The molecule has 6 nitrogen and oxygen atoms in total. The fraction of sp³-hybridized carbons (Fsp3) is 0.545. The van der Waals surface area contributed by atoms with Gasteiger partial charge in [-0.1, -0.05) is 0 Å². The van der Waals surface area contributed by atoms with Crippen LogP contribution < -0.4 is 5.32 Å². The van der Waals surface area contributed by atoms with E-state index in [1.54, 1.807) is 12.3 Å². The normalized spacial score (nSPS) is 24.1. The molecular weight excluding hydrogens is 220 g/mol. The zero-order valence-electron chi connectivity index (χ0n) is 9.35. The third kappa shape index (κ3) is 2.02. The lowest BCUT2D eigenvalue weighted by molar-refractivity contribution is -0.128. The lowest BCUT2D eigenvalue weighted by atomic mass is 10.1. The molecular formula is C11H14N4O2. The lowest BCUT2D eigenvalue weighted by Gasteiger charge is -2.14. The van der Waals surface area contributed by atoms with Crippen molar-refractivity contribution >= 4 is 17.6 Å². The van der Waals surface area contributed by atoms with Crippen LogP contribution in [0.1, 0.15) is 19.3 Å². The number of rotatable bonds is 3. The number of carbonyl (C=O) groups excluding carboxylic acids is 2. The summed E-state index contributed by atoms with van der Waals surface area (Å²) in [5, 5.41) is 9.15. The Morgan fingerprint density at radius 2 is 2.35 bits per heavy atom. The van der Waals surface area contributed by atoms with Crippen molar-refractivity contribution in [1.82, 2.24) is 15.1 Å². The van der Waals surface area contributed by atoms with Gasteiger partial charge in [0.2, 0.25) is 11.8 Å². The number of aromatic amines is 1. The van der Waals surface area contributed by atoms with E-state index in [1.807, 2.05) is 4.90 Å². The molecule has 1 aliphatic carbocycles. The second-order valence-electron chi connectivity index (χ2n) is 4.64. The third-order valence-corrected chi connectivity index (χ3v) is 3.28. The van der Waals surface area contributed by atoms with Crippen LogP contribution in [0.4, 0.5) is 5.82 Å². The lowest BCUT2D eigenvalue weighted by Crippen LogP contribution is -2.29. The van der Waals surface area contributed by atoms with E-state index in [0.29, 0.717) is 24.8 Å². The fourth-order valence-electron chi connectivity index (χ4n) is 2.21. The van der Waals surface area contributed by atoms with Gasteiger partial charge in [-0.05, 0) is 12.8 Å². The smallest absolute Gasteiger partial charge is 0.230 e. The number of aromatic nitrogens is 2. The molecule has 1 aromatic heterocycles. The minimum absolute atomic E-state index is 0.106. The van der Waals surface area contributed by atoms with Crippen LogP contribution in [0.15, 0.2) is 12.3 Å². The Kier molecular flexibility index (Phi) is 2.35. The van der Waals surface area contributed by atoms with Crippen LogP contribution in [0, 0.1) is 5.92 Å². The second-order valence-corrected chi connectivity index (χ2v) is 4.64. The van der Waals surface area contributed by atoms with Crippen LogP contribution in [0.25, 0.3) is 0 Å². The first-order valence-electron chi connectivity index (χ1n) is 5.84. The van der Waals surface area contributed by atoms with Gasteiger partial charge in [0.15, 0.2) is 0 Å². The van der Waals surface area contributed by atoms with Crippen molar-refractivity contribution in [3.63, 3.8) is 0 Å². The largest absolute Gasteiger partial charge is 0.339 e. The molecule has 2 aliphatic rings. The van der Waals surface area contributed by atoms with Crippen molar-refractivity contribution < 1.29 is 9.59 Å². The first-order valence-corrected chi connectivity index (χ1v) is 5.84. The zero-order chi connectivity index (χ0) is 11.8. The minimum Gasteiger partial charge on any atom is -0.339 e. The van der Waals surface area contributed by atoms with Gasteiger partial charge >= 0.3 is 0 Å². The van der Waals surface area contributed by atoms with Crippen LogP contribution >= 0.6 is 0 Å². The van der Waals surface area contributed by atoms with Crippen molar-refractivity contribution in [3.8, 4) is 0 Å². The first-order chi connectivity index (χ1) is 8.24. The van der Waals surface area contributed by atoms with Gasteiger partial charge in [0.1, 0.15) is 5.82 Å². The molecule has 2 fully saturated rings. The van der Waals surface area contributed by atoms with Crippen LogP contribution in [-0.2, 0) is 9.59 Å². The molecule has 2 heterocycles. The highest BCUT2D eigenvalue weighted by molar-refractivity contribution is 5.96. The Morgan fingerprint density at radius 1 is 1.53 bits per heavy atom. The summed E-state index contributed by atoms with van der Waals surface area (Å²) in [4.78, 5) is 25.5. The number of carbonyl (C=O) groups is 2. The number of hydrogen-bond acceptors (Lipinski definition) is 3. The van der Waals surface area contributed by atoms with Crippen molar-refractivity contribution in [2.75, 3.05) is 11.9 Å². The van der Waals surface area contributed by atoms with Gasteiger partial charge in [-0.15, -0.1) is 0 Å². The Hall–Kier alpha value is -1.85. The molecule has 2 amide bonds. The highest BCUT2D eigenvalue weighted by Crippen LogP contribution is 2.32. The standard InChI is InChI=1S/C11H14N4O2/c16-10-5-7(6-15(10)8-1-2-8)11(17)13-9-3-4-12-14-9/h3-4,7-8H,1-2,5-6H2,(H2,12,13,14,17). The van der Waals surface area contributed by atoms with Crippen LogP contribution in [-0.4, -0.2) is 39.5 Å². The minimum atomic E-state index is -0.230. The molecule has 2 N–H and O–H groups in total. The summed E-state index contributed by atoms with van der Waals surface area (Å²) in [5.74, 6) is 0.349. The summed E-state index contributed by atoms with van der Waals surface area (Å²) in [7, 11) is 0. The van der Waals surface area contributed by atoms with E-state index in [2.05, 4.69) is 15.5 Å². The summed E-state index contributed by atoms with van der Waals surface area (Å²) in [6.45, 7) is 0.559. The molecule has 17 heavy (non-hydrogen) atoms. The van der Waals surface area contributed by atoms with Gasteiger partial charge in [0.25, 0.3) is 0 Å². The number of hydrogen-bond donors (Lipinski definition) is 2. The van der Waals surface area contributed by atoms with Gasteiger partial charge in [-0.2, -0.15) is 5.10 Å². The molecule has 90 valence electrons. The Morgan fingerprint density at radius 3 is 3.00 bits per heavy atom. The Bertz CT molecular complexity index is 438. The predicted molar refractivity (Wildman–Crippen MR) is 60.1 cm³/mol. The number of H-pyrrole nitrogens is 1. The highest BCUT2D eigenvalue weighted by atomic mass is 16.2. The molecule has 0 spiro atoms. The summed E-state index contributed by atoms with van der Waals surface area (Å²) in [5.41, 5.74) is 0. The summed E-state index contributed by atoms with van der Waals surface area (Å²) in [6, 6.07) is 2.08. The van der Waals surface area contributed by atoms with Crippen LogP contribution in [0.5, 0.6) is 0 Å². The molecule has 0 aromatic carbocycles. The van der Waals surface area contributed by atoms with E-state index >= 15 is 0 Å². The molecule has 0 bridgehead atoms. The van der Waals surface area contributed by atoms with Crippen molar-refractivity contribution in [2.45, 2.75) is 25.3 Å². The summed E-state index contributed by atoms with van der Waals surface area (Å²) < 4.78 is 0. The SMILES string of the molecule is O=C(Nc1ccn[nH]1)C1CC(=O)N(C2CC2)C1. The maximum atomic E-state index is 11.9. The van der Waals surface area contributed by atoms with Crippen molar-refractivity contribution in [1.29, 1.82) is 0 Å². The monoisotopic (exact) mass is 234 g/mol. The topological polar surface area (TPSA) is 78.1 Å². The fourth-order valence-corrected chi connectivity index (χ4v) is 2.21. The van der Waals surface area contributed by atoms with E-state index in [4.69, 9.17) is 0 Å². The van der Waals surface area contributed by atoms with E-state index < -0.39 is 0 Å². The van der Waals surface area contributed by atoms with E-state index in [1.165, 1.54) is 0 Å². The van der Waals surface area contributed by atoms with Gasteiger partial charge in [0.05, 0.1) is 12.1 Å². The van der Waals surface area contributed by atoms with Gasteiger partial charge in [-0.3, -0.25) is 14.7 Å². The second kappa shape index (κ2) is 3.87. The average molecular weight is 234 g/mol. The molecule has 6 heteroatoms. The van der Waals surface area contributed by atoms with Gasteiger partial charge < -0.3 is 10.2 Å². The van der Waals surface area contributed by atoms with Crippen LogP contribution in [0.2, 0.25) is 0 Å². The van der Waals surface area contributed by atoms with Crippen molar-refractivity contribution in [3.05, 3.63) is 12.3 Å². The van der Waals surface area contributed by atoms with Gasteiger partial charge in [0, 0.05) is 25.1 Å². The molecule has 0 radical (unpaired) electrons. The molecule has 3 rings (SSSR count). The maximum Gasteiger partial charge on any atom is 0.230 e. The maximum absolute atomic E-state index is 11.9. The summed E-state index contributed by atoms with van der Waals surface area (Å²) >= 11 is 0. The van der Waals surface area contributed by atoms with E-state index in [-0.39, 0.29) is 17.7 Å². The van der Waals surface area contributed by atoms with E-state index in [9.17, 15) is 9.59 Å². The Labute approximate surface area is 98.4 Å². The molecule has 1 saturated heterocycles. The van der Waals surface area contributed by atoms with Crippen LogP contribution in [0.3, 0.4) is 0 Å². The highest BCUT2D eigenvalue weighted by Gasteiger charge is 2.41. The third-order valence-electron chi connectivity index (χ3n) is 3.28. The number of nitrogens with one attached hydrogen (secondary N) is 2. The van der Waals surface area contributed by atoms with Gasteiger partial charge in [-0.25, -0.2) is 0 Å². The average Bonchev–Trinajstić information content (AvgIpc) is 2.87. The number of anilines is 1. The molecule has 1 aromatic rings. The number of likely N-dealkylation sites (tertiary alicyclic amines) is 1. The molecule has 1 aliphatic heterocycles. The Balaban J connectivity index is 1.61. The first kappa shape index (κ1) is 10.3. The molecule has 1 unspecified atom stereocenters. The van der Waals surface area contributed by atoms with E-state index in [0.717, 1.165) is 12.8 Å². The zero-order valence-corrected chi connectivity index (χ0v) is 9.35. The molecule has 1 atom stereocenters. The quantitative estimate of drug-likeness (QED) is 0.792. The predicted octanol–water partition coefficient (Wildman–Crippen LogP) is 0.359. The van der Waals surface area contributed by atoms with Crippen molar-refractivity contribution in [2.24, 2.45) is 5.92 Å².